The Morgan fingerprint density at radius 2 is 1.88 bits per heavy atom. The van der Waals surface area contributed by atoms with E-state index in [1.165, 1.54) is 18.3 Å². The Balaban J connectivity index is 1.64. The van der Waals surface area contributed by atoms with E-state index in [2.05, 4.69) is 0 Å². The fraction of sp³-hybridized carbons (Fsp3) is 0.200. The van der Waals surface area contributed by atoms with Crippen molar-refractivity contribution >= 4 is 17.4 Å². The number of carbonyl (C=O) groups excluding carboxylic acids is 2. The topological polar surface area (TPSA) is 98.4 Å². The molecule has 2 aromatic carbocycles. The number of likely N-dealkylation sites (tertiary alicyclic amines) is 1. The van der Waals surface area contributed by atoms with E-state index in [1.54, 1.807) is 54.6 Å². The molecule has 2 aliphatic heterocycles. The summed E-state index contributed by atoms with van der Waals surface area (Å²) < 4.78 is 21.9. The van der Waals surface area contributed by atoms with Gasteiger partial charge in [0.1, 0.15) is 30.5 Å². The summed E-state index contributed by atoms with van der Waals surface area (Å²) in [6.07, 6.45) is 1.50. The van der Waals surface area contributed by atoms with E-state index in [-0.39, 0.29) is 17.9 Å². The van der Waals surface area contributed by atoms with Crippen LogP contribution < -0.4 is 14.2 Å². The third kappa shape index (κ3) is 3.69. The van der Waals surface area contributed by atoms with Crippen LogP contribution in [-0.2, 0) is 16.1 Å². The SMILES string of the molecule is COc1cccc(C2C(=C(O)c3ccc4c(c3)OCCO4)C(=O)C(=O)N2Cc2ccco2)c1. The molecule has 168 valence electrons. The van der Waals surface area contributed by atoms with Gasteiger partial charge in [-0.3, -0.25) is 9.59 Å². The highest BCUT2D eigenvalue weighted by molar-refractivity contribution is 6.46. The highest BCUT2D eigenvalue weighted by Crippen LogP contribution is 2.42. The number of carbonyl (C=O) groups is 2. The summed E-state index contributed by atoms with van der Waals surface area (Å²) in [5.41, 5.74) is 0.957. The van der Waals surface area contributed by atoms with Gasteiger partial charge in [0.15, 0.2) is 11.5 Å². The number of aliphatic hydroxyl groups is 1. The van der Waals surface area contributed by atoms with Crippen molar-refractivity contribution in [3.8, 4) is 17.2 Å². The summed E-state index contributed by atoms with van der Waals surface area (Å²) in [5.74, 6) is 0.313. The van der Waals surface area contributed by atoms with Crippen molar-refractivity contribution in [3.05, 3.63) is 83.3 Å². The molecule has 0 aliphatic carbocycles. The number of methoxy groups -OCH3 is 1. The van der Waals surface area contributed by atoms with Crippen LogP contribution in [-0.4, -0.2) is 42.0 Å². The largest absolute Gasteiger partial charge is 0.507 e. The standard InChI is InChI=1S/C25H21NO7/c1-30-17-5-2-4-15(12-17)22-21(24(28)25(29)26(22)14-18-6-3-9-31-18)23(27)16-7-8-19-20(13-16)33-11-10-32-19/h2-9,12-13,22,27H,10-11,14H2,1H3. The van der Waals surface area contributed by atoms with Crippen molar-refractivity contribution in [2.75, 3.05) is 20.3 Å². The van der Waals surface area contributed by atoms with Gasteiger partial charge in [-0.15, -0.1) is 0 Å². The van der Waals surface area contributed by atoms with Crippen LogP contribution in [0.4, 0.5) is 0 Å². The molecule has 3 heterocycles. The molecule has 5 rings (SSSR count). The lowest BCUT2D eigenvalue weighted by molar-refractivity contribution is -0.140. The summed E-state index contributed by atoms with van der Waals surface area (Å²) in [6.45, 7) is 0.887. The van der Waals surface area contributed by atoms with Crippen molar-refractivity contribution in [1.82, 2.24) is 4.90 Å². The first-order valence-corrected chi connectivity index (χ1v) is 10.4. The second-order valence-electron chi connectivity index (χ2n) is 7.64. The summed E-state index contributed by atoms with van der Waals surface area (Å²) >= 11 is 0. The van der Waals surface area contributed by atoms with Crippen molar-refractivity contribution in [2.45, 2.75) is 12.6 Å². The number of Topliss-reactive ketones (excluding diaryl/α,β-unsaturated/α-hetero) is 1. The molecule has 1 N–H and O–H groups in total. The van der Waals surface area contributed by atoms with Crippen LogP contribution in [0.3, 0.4) is 0 Å². The van der Waals surface area contributed by atoms with Gasteiger partial charge in [-0.1, -0.05) is 12.1 Å². The Hall–Kier alpha value is -4.20. The molecule has 1 atom stereocenters. The number of hydrogen-bond donors (Lipinski definition) is 1. The first-order valence-electron chi connectivity index (χ1n) is 10.4. The molecular weight excluding hydrogens is 426 g/mol. The minimum Gasteiger partial charge on any atom is -0.507 e. The maximum Gasteiger partial charge on any atom is 0.296 e. The van der Waals surface area contributed by atoms with Crippen LogP contribution in [0.2, 0.25) is 0 Å². The maximum absolute atomic E-state index is 13.2. The molecule has 1 saturated heterocycles. The number of benzene rings is 2. The van der Waals surface area contributed by atoms with Crippen molar-refractivity contribution in [3.63, 3.8) is 0 Å². The number of rotatable bonds is 5. The number of amides is 1. The monoisotopic (exact) mass is 447 g/mol. The Bertz CT molecular complexity index is 1250. The lowest BCUT2D eigenvalue weighted by Crippen LogP contribution is -2.29. The Labute approximate surface area is 189 Å². The highest BCUT2D eigenvalue weighted by Gasteiger charge is 2.46. The Kier molecular flexibility index (Phi) is 5.26. The number of ether oxygens (including phenoxy) is 3. The van der Waals surface area contributed by atoms with E-state index >= 15 is 0 Å². The molecule has 1 unspecified atom stereocenters. The molecule has 8 heteroatoms. The van der Waals surface area contributed by atoms with E-state index in [4.69, 9.17) is 18.6 Å². The minimum absolute atomic E-state index is 0.0171. The van der Waals surface area contributed by atoms with E-state index < -0.39 is 17.7 Å². The van der Waals surface area contributed by atoms with Gasteiger partial charge < -0.3 is 28.6 Å². The average Bonchev–Trinajstić information content (AvgIpc) is 3.45. The molecule has 3 aromatic rings. The Morgan fingerprint density at radius 1 is 1.06 bits per heavy atom. The fourth-order valence-electron chi connectivity index (χ4n) is 4.12. The zero-order chi connectivity index (χ0) is 22.9. The van der Waals surface area contributed by atoms with E-state index in [1.807, 2.05) is 0 Å². The van der Waals surface area contributed by atoms with Gasteiger partial charge in [0.05, 0.1) is 31.5 Å². The maximum atomic E-state index is 13.2. The number of ketones is 1. The molecule has 0 spiro atoms. The van der Waals surface area contributed by atoms with Crippen LogP contribution in [0.5, 0.6) is 17.2 Å². The summed E-state index contributed by atoms with van der Waals surface area (Å²) in [4.78, 5) is 27.6. The average molecular weight is 447 g/mol. The van der Waals surface area contributed by atoms with Crippen molar-refractivity contribution in [2.24, 2.45) is 0 Å². The van der Waals surface area contributed by atoms with Gasteiger partial charge in [-0.25, -0.2) is 0 Å². The molecule has 1 fully saturated rings. The van der Waals surface area contributed by atoms with Crippen LogP contribution in [0, 0.1) is 0 Å². The summed E-state index contributed by atoms with van der Waals surface area (Å²) in [7, 11) is 1.54. The van der Waals surface area contributed by atoms with Crippen molar-refractivity contribution < 1.29 is 33.3 Å². The van der Waals surface area contributed by atoms with E-state index in [0.29, 0.717) is 47.3 Å². The predicted octanol–water partition coefficient (Wildman–Crippen LogP) is 3.68. The zero-order valence-corrected chi connectivity index (χ0v) is 17.8. The molecular formula is C25H21NO7. The van der Waals surface area contributed by atoms with Gasteiger partial charge in [0.25, 0.3) is 11.7 Å². The molecule has 33 heavy (non-hydrogen) atoms. The molecule has 0 saturated carbocycles. The highest BCUT2D eigenvalue weighted by atomic mass is 16.6. The molecule has 1 amide bonds. The number of fused-ring (bicyclic) bond motifs is 1. The summed E-state index contributed by atoms with van der Waals surface area (Å²) in [6, 6.07) is 14.6. The van der Waals surface area contributed by atoms with Gasteiger partial charge in [-0.2, -0.15) is 0 Å². The molecule has 0 radical (unpaired) electrons. The smallest absolute Gasteiger partial charge is 0.296 e. The van der Waals surface area contributed by atoms with Crippen LogP contribution >= 0.6 is 0 Å². The summed E-state index contributed by atoms with van der Waals surface area (Å²) in [5, 5.41) is 11.2. The normalized spacial score (nSPS) is 19.1. The van der Waals surface area contributed by atoms with E-state index in [0.717, 1.165) is 0 Å². The predicted molar refractivity (Wildman–Crippen MR) is 117 cm³/mol. The van der Waals surface area contributed by atoms with Gasteiger partial charge in [0, 0.05) is 5.56 Å². The Morgan fingerprint density at radius 3 is 2.64 bits per heavy atom. The van der Waals surface area contributed by atoms with Crippen LogP contribution in [0.25, 0.3) is 5.76 Å². The molecule has 1 aromatic heterocycles. The lowest BCUT2D eigenvalue weighted by Gasteiger charge is -2.25. The third-order valence-electron chi connectivity index (χ3n) is 5.67. The first-order chi connectivity index (χ1) is 16.1. The zero-order valence-electron chi connectivity index (χ0n) is 17.8. The second-order valence-corrected chi connectivity index (χ2v) is 7.64. The van der Waals surface area contributed by atoms with Crippen molar-refractivity contribution in [1.29, 1.82) is 0 Å². The number of nitrogens with zero attached hydrogens (tertiary/aromatic N) is 1. The number of furan rings is 1. The lowest BCUT2D eigenvalue weighted by atomic mass is 9.95. The van der Waals surface area contributed by atoms with Gasteiger partial charge in [-0.05, 0) is 48.0 Å². The second kappa shape index (κ2) is 8.38. The van der Waals surface area contributed by atoms with Gasteiger partial charge in [0.2, 0.25) is 0 Å². The molecule has 8 nitrogen and oxygen atoms in total. The van der Waals surface area contributed by atoms with Crippen LogP contribution in [0.15, 0.2) is 70.9 Å². The fourth-order valence-corrected chi connectivity index (χ4v) is 4.12. The quantitative estimate of drug-likeness (QED) is 0.362. The van der Waals surface area contributed by atoms with Crippen LogP contribution in [0.1, 0.15) is 22.9 Å². The minimum atomic E-state index is -0.835. The molecule has 0 bridgehead atoms. The number of hydrogen-bond acceptors (Lipinski definition) is 7. The molecule has 2 aliphatic rings. The van der Waals surface area contributed by atoms with E-state index in [9.17, 15) is 14.7 Å². The first kappa shape index (κ1) is 20.7. The third-order valence-corrected chi connectivity index (χ3v) is 5.67. The number of aliphatic hydroxyl groups excluding tert-OH is 1. The van der Waals surface area contributed by atoms with Gasteiger partial charge >= 0.3 is 0 Å².